The van der Waals surface area contributed by atoms with Crippen molar-refractivity contribution in [3.05, 3.63) is 89.2 Å². The number of pyridine rings is 1. The van der Waals surface area contributed by atoms with Crippen LogP contribution in [0.25, 0.3) is 0 Å². The van der Waals surface area contributed by atoms with Crippen LogP contribution >= 0.6 is 11.8 Å². The molecule has 0 N–H and O–H groups in total. The molecule has 3 aromatic rings. The molecule has 0 atom stereocenters. The number of carbonyl (C=O) groups excluding carboxylic acids is 1. The molecule has 2 aliphatic rings. The molecule has 5 rings (SSSR count). The van der Waals surface area contributed by atoms with E-state index in [4.69, 9.17) is 0 Å². The Morgan fingerprint density at radius 1 is 1.12 bits per heavy atom. The largest absolute Gasteiger partial charge is 0.330 e. The van der Waals surface area contributed by atoms with Crippen LogP contribution in [0.1, 0.15) is 27.0 Å². The minimum Gasteiger partial charge on any atom is -0.330 e. The fourth-order valence-corrected chi connectivity index (χ4v) is 6.25. The molecule has 0 spiro atoms. The Morgan fingerprint density at radius 3 is 2.76 bits per heavy atom. The summed E-state index contributed by atoms with van der Waals surface area (Å²) in [7, 11) is -3.42. The van der Waals surface area contributed by atoms with Gasteiger partial charge in [0.05, 0.1) is 11.4 Å². The first-order valence-electron chi connectivity index (χ1n) is 10.5. The monoisotopic (exact) mass is 478 g/mol. The SMILES string of the molecule is Cc1ccccc1CN(Cc1cccnc1)C(=O)c1ccc2c(c1)SC1=NS(=O)(=O)CCN12. The minimum absolute atomic E-state index is 0.00744. The number of nitrogens with zero attached hydrogens (tertiary/aromatic N) is 4. The van der Waals surface area contributed by atoms with Gasteiger partial charge in [-0.05, 0) is 59.6 Å². The molecule has 0 aliphatic carbocycles. The number of sulfonamides is 1. The molecule has 1 amide bonds. The molecule has 0 radical (unpaired) electrons. The Hall–Kier alpha value is -3.17. The highest BCUT2D eigenvalue weighted by Crippen LogP contribution is 2.42. The van der Waals surface area contributed by atoms with Gasteiger partial charge in [0.25, 0.3) is 15.9 Å². The highest BCUT2D eigenvalue weighted by Gasteiger charge is 2.33. The Kier molecular flexibility index (Phi) is 5.67. The van der Waals surface area contributed by atoms with Crippen molar-refractivity contribution in [3.63, 3.8) is 0 Å². The van der Waals surface area contributed by atoms with E-state index in [1.54, 1.807) is 12.4 Å². The van der Waals surface area contributed by atoms with Crippen molar-refractivity contribution in [2.75, 3.05) is 17.2 Å². The summed E-state index contributed by atoms with van der Waals surface area (Å²) in [4.78, 5) is 22.4. The molecule has 0 saturated heterocycles. The third-order valence-electron chi connectivity index (χ3n) is 5.73. The molecular formula is C24H22N4O3S2. The molecule has 0 unspecified atom stereocenters. The van der Waals surface area contributed by atoms with Crippen molar-refractivity contribution in [2.24, 2.45) is 4.40 Å². The first-order valence-corrected chi connectivity index (χ1v) is 13.0. The first kappa shape index (κ1) is 21.7. The topological polar surface area (TPSA) is 82.9 Å². The molecule has 2 aliphatic heterocycles. The van der Waals surface area contributed by atoms with Crippen LogP contribution in [0.2, 0.25) is 0 Å². The zero-order valence-corrected chi connectivity index (χ0v) is 19.6. The highest BCUT2D eigenvalue weighted by molar-refractivity contribution is 8.15. The van der Waals surface area contributed by atoms with Crippen LogP contribution in [0, 0.1) is 6.92 Å². The number of rotatable bonds is 5. The van der Waals surface area contributed by atoms with Crippen molar-refractivity contribution >= 4 is 38.5 Å². The normalized spacial score (nSPS) is 16.0. The van der Waals surface area contributed by atoms with Crippen molar-refractivity contribution in [3.8, 4) is 0 Å². The van der Waals surface area contributed by atoms with Crippen LogP contribution < -0.4 is 4.90 Å². The molecule has 2 aromatic carbocycles. The Morgan fingerprint density at radius 2 is 1.97 bits per heavy atom. The molecule has 9 heteroatoms. The van der Waals surface area contributed by atoms with Gasteiger partial charge < -0.3 is 9.80 Å². The number of fused-ring (bicyclic) bond motifs is 3. The van der Waals surface area contributed by atoms with Crippen molar-refractivity contribution in [1.29, 1.82) is 0 Å². The van der Waals surface area contributed by atoms with Gasteiger partial charge in [-0.15, -0.1) is 4.40 Å². The van der Waals surface area contributed by atoms with Crippen LogP contribution in [0.15, 0.2) is 76.3 Å². The van der Waals surface area contributed by atoms with E-state index in [1.807, 2.05) is 71.3 Å². The van der Waals surface area contributed by atoms with E-state index in [0.29, 0.717) is 30.4 Å². The van der Waals surface area contributed by atoms with Gasteiger partial charge >= 0.3 is 0 Å². The number of benzene rings is 2. The molecule has 1 aromatic heterocycles. The summed E-state index contributed by atoms with van der Waals surface area (Å²) in [6.07, 6.45) is 3.49. The fraction of sp³-hybridized carbons (Fsp3) is 0.208. The van der Waals surface area contributed by atoms with Crippen LogP contribution in [0.4, 0.5) is 5.69 Å². The summed E-state index contributed by atoms with van der Waals surface area (Å²) in [6, 6.07) is 17.4. The second-order valence-corrected chi connectivity index (χ2v) is 10.8. The number of carbonyl (C=O) groups is 1. The predicted molar refractivity (Wildman–Crippen MR) is 130 cm³/mol. The summed E-state index contributed by atoms with van der Waals surface area (Å²) >= 11 is 1.29. The zero-order chi connectivity index (χ0) is 23.0. The summed E-state index contributed by atoms with van der Waals surface area (Å²) < 4.78 is 27.7. The average molecular weight is 479 g/mol. The maximum atomic E-state index is 13.6. The van der Waals surface area contributed by atoms with Crippen molar-refractivity contribution in [2.45, 2.75) is 24.9 Å². The molecule has 0 bridgehead atoms. The number of anilines is 1. The second-order valence-electron chi connectivity index (χ2n) is 8.05. The molecule has 0 fully saturated rings. The maximum absolute atomic E-state index is 13.6. The molecular weight excluding hydrogens is 456 g/mol. The third-order valence-corrected chi connectivity index (χ3v) is 8.03. The Balaban J connectivity index is 1.46. The van der Waals surface area contributed by atoms with Gasteiger partial charge in [-0.2, -0.15) is 0 Å². The molecule has 7 nitrogen and oxygen atoms in total. The van der Waals surface area contributed by atoms with Crippen LogP contribution in [0.5, 0.6) is 0 Å². The number of amides is 1. The van der Waals surface area contributed by atoms with Gasteiger partial charge in [0.2, 0.25) is 0 Å². The maximum Gasteiger partial charge on any atom is 0.257 e. The number of aryl methyl sites for hydroxylation is 1. The fourth-order valence-electron chi connectivity index (χ4n) is 3.95. The number of aromatic nitrogens is 1. The lowest BCUT2D eigenvalue weighted by Crippen LogP contribution is -2.35. The van der Waals surface area contributed by atoms with E-state index in [2.05, 4.69) is 9.38 Å². The van der Waals surface area contributed by atoms with Gasteiger partial charge in [-0.25, -0.2) is 8.42 Å². The smallest absolute Gasteiger partial charge is 0.257 e. The van der Waals surface area contributed by atoms with Crippen LogP contribution in [0.3, 0.4) is 0 Å². The highest BCUT2D eigenvalue weighted by atomic mass is 32.2. The van der Waals surface area contributed by atoms with Gasteiger partial charge in [0, 0.05) is 42.5 Å². The van der Waals surface area contributed by atoms with E-state index in [1.165, 1.54) is 11.8 Å². The van der Waals surface area contributed by atoms with Crippen LogP contribution in [-0.4, -0.2) is 41.7 Å². The number of amidine groups is 1. The van der Waals surface area contributed by atoms with E-state index in [9.17, 15) is 13.2 Å². The Labute approximate surface area is 197 Å². The van der Waals surface area contributed by atoms with Crippen LogP contribution in [-0.2, 0) is 23.1 Å². The van der Waals surface area contributed by atoms with E-state index in [-0.39, 0.29) is 11.7 Å². The van der Waals surface area contributed by atoms with E-state index >= 15 is 0 Å². The van der Waals surface area contributed by atoms with E-state index < -0.39 is 10.0 Å². The number of hydrogen-bond donors (Lipinski definition) is 0. The third kappa shape index (κ3) is 4.51. The Bertz CT molecular complexity index is 1360. The first-order chi connectivity index (χ1) is 15.9. The molecule has 3 heterocycles. The quantitative estimate of drug-likeness (QED) is 0.554. The number of hydrogen-bond acceptors (Lipinski definition) is 6. The molecule has 33 heavy (non-hydrogen) atoms. The minimum atomic E-state index is -3.42. The number of thioether (sulfide) groups is 1. The van der Waals surface area contributed by atoms with Gasteiger partial charge in [-0.3, -0.25) is 9.78 Å². The van der Waals surface area contributed by atoms with Gasteiger partial charge in [0.1, 0.15) is 0 Å². The summed E-state index contributed by atoms with van der Waals surface area (Å²) in [5.41, 5.74) is 4.61. The average Bonchev–Trinajstić information content (AvgIpc) is 3.15. The summed E-state index contributed by atoms with van der Waals surface area (Å²) in [5, 5.41) is 0.452. The summed E-state index contributed by atoms with van der Waals surface area (Å²) in [6.45, 7) is 3.32. The predicted octanol–water partition coefficient (Wildman–Crippen LogP) is 3.84. The lowest BCUT2D eigenvalue weighted by atomic mass is 10.1. The lowest BCUT2D eigenvalue weighted by molar-refractivity contribution is 0.0729. The molecule has 168 valence electrons. The second kappa shape index (κ2) is 8.64. The van der Waals surface area contributed by atoms with E-state index in [0.717, 1.165) is 27.3 Å². The zero-order valence-electron chi connectivity index (χ0n) is 18.0. The van der Waals surface area contributed by atoms with Crippen molar-refractivity contribution < 1.29 is 13.2 Å². The van der Waals surface area contributed by atoms with Gasteiger partial charge in [-0.1, -0.05) is 30.3 Å². The lowest BCUT2D eigenvalue weighted by Gasteiger charge is -2.24. The molecule has 0 saturated carbocycles. The van der Waals surface area contributed by atoms with Gasteiger partial charge in [0.15, 0.2) is 5.17 Å². The van der Waals surface area contributed by atoms with Crippen molar-refractivity contribution in [1.82, 2.24) is 9.88 Å². The summed E-state index contributed by atoms with van der Waals surface area (Å²) in [5.74, 6) is -0.100. The standard InChI is InChI=1S/C24H22N4O3S2/c1-17-5-2-3-7-20(17)16-27(15-18-6-4-10-25-14-18)23(29)19-8-9-21-22(13-19)32-24-26-33(30,31)12-11-28(21)24/h2-10,13-14H,11-12,15-16H2,1H3.